The van der Waals surface area contributed by atoms with Gasteiger partial charge in [-0.3, -0.25) is 14.7 Å². The second kappa shape index (κ2) is 10.0. The first kappa shape index (κ1) is 20.1. The molecular formula is C19H29N3O2. The minimum Gasteiger partial charge on any atom is -0.483 e. The topological polar surface area (TPSA) is 56.7 Å². The molecule has 0 saturated carbocycles. The molecule has 0 aliphatic carbocycles. The van der Waals surface area contributed by atoms with E-state index in [2.05, 4.69) is 73.9 Å². The van der Waals surface area contributed by atoms with Crippen LogP contribution in [0.15, 0.2) is 36.7 Å². The van der Waals surface area contributed by atoms with Crippen LogP contribution in [0.25, 0.3) is 10.8 Å². The zero-order valence-corrected chi connectivity index (χ0v) is 15.3. The summed E-state index contributed by atoms with van der Waals surface area (Å²) >= 11 is 0. The molecule has 1 atom stereocenters. The Bertz CT molecular complexity index is 626. The molecule has 0 amide bonds. The van der Waals surface area contributed by atoms with Crippen molar-refractivity contribution in [2.45, 2.75) is 39.4 Å². The molecule has 1 aromatic heterocycles. The summed E-state index contributed by atoms with van der Waals surface area (Å²) in [6, 6.07) is 9.69. The Hall–Kier alpha value is -1.98. The maximum atomic E-state index is 8.36. The van der Waals surface area contributed by atoms with Gasteiger partial charge in [-0.2, -0.15) is 0 Å². The lowest BCUT2D eigenvalue weighted by atomic mass is 10.1. The molecule has 0 bridgehead atoms. The van der Waals surface area contributed by atoms with Crippen LogP contribution in [0.3, 0.4) is 0 Å². The van der Waals surface area contributed by atoms with Crippen molar-refractivity contribution in [1.29, 1.82) is 0 Å². The fourth-order valence-electron chi connectivity index (χ4n) is 2.52. The maximum absolute atomic E-state index is 8.36. The van der Waals surface area contributed by atoms with E-state index in [0.717, 1.165) is 13.1 Å². The van der Waals surface area contributed by atoms with E-state index in [0.29, 0.717) is 12.1 Å². The van der Waals surface area contributed by atoms with Crippen molar-refractivity contribution >= 4 is 17.2 Å². The van der Waals surface area contributed by atoms with Gasteiger partial charge in [-0.15, -0.1) is 0 Å². The molecule has 5 nitrogen and oxygen atoms in total. The van der Waals surface area contributed by atoms with Crippen molar-refractivity contribution < 1.29 is 9.90 Å². The molecule has 5 heteroatoms. The van der Waals surface area contributed by atoms with Gasteiger partial charge in [0.1, 0.15) is 0 Å². The molecule has 132 valence electrons. The number of hydrogen-bond donors (Lipinski definition) is 1. The number of hydrogen-bond acceptors (Lipinski definition) is 4. The standard InChI is InChI=1S/C18H27N3.CH2O2/c1-14(2)20(4)12-15(3)21(5)13-17-8-6-7-16-11-19-10-9-18(16)17;2-1-3/h6-11,14-15H,12-13H2,1-5H3;1H,(H,2,3). The molecule has 0 radical (unpaired) electrons. The van der Waals surface area contributed by atoms with Crippen molar-refractivity contribution in [3.63, 3.8) is 0 Å². The molecule has 0 fully saturated rings. The number of aromatic nitrogens is 1. The molecule has 1 aromatic carbocycles. The summed E-state index contributed by atoms with van der Waals surface area (Å²) in [5, 5.41) is 9.42. The Morgan fingerprint density at radius 1 is 1.17 bits per heavy atom. The molecule has 1 unspecified atom stereocenters. The van der Waals surface area contributed by atoms with Crippen LogP contribution >= 0.6 is 0 Å². The number of likely N-dealkylation sites (N-methyl/N-ethyl adjacent to an activating group) is 2. The Morgan fingerprint density at radius 2 is 1.83 bits per heavy atom. The van der Waals surface area contributed by atoms with Crippen molar-refractivity contribution in [3.05, 3.63) is 42.2 Å². The van der Waals surface area contributed by atoms with Crippen LogP contribution in [0.2, 0.25) is 0 Å². The third kappa shape index (κ3) is 5.91. The lowest BCUT2D eigenvalue weighted by molar-refractivity contribution is -0.122. The van der Waals surface area contributed by atoms with Gasteiger partial charge in [0, 0.05) is 43.0 Å². The van der Waals surface area contributed by atoms with Gasteiger partial charge in [-0.25, -0.2) is 0 Å². The average molecular weight is 331 g/mol. The van der Waals surface area contributed by atoms with Crippen molar-refractivity contribution in [2.24, 2.45) is 0 Å². The first-order chi connectivity index (χ1) is 11.4. The lowest BCUT2D eigenvalue weighted by Crippen LogP contribution is -2.40. The molecule has 0 aliphatic heterocycles. The fraction of sp³-hybridized carbons (Fsp3) is 0.474. The predicted molar refractivity (Wildman–Crippen MR) is 99.1 cm³/mol. The summed E-state index contributed by atoms with van der Waals surface area (Å²) < 4.78 is 0. The van der Waals surface area contributed by atoms with Crippen LogP contribution in [0, 0.1) is 0 Å². The number of benzene rings is 1. The van der Waals surface area contributed by atoms with Crippen molar-refractivity contribution in [1.82, 2.24) is 14.8 Å². The molecule has 0 aliphatic rings. The monoisotopic (exact) mass is 331 g/mol. The highest BCUT2D eigenvalue weighted by atomic mass is 16.3. The van der Waals surface area contributed by atoms with E-state index < -0.39 is 0 Å². The Labute approximate surface area is 144 Å². The summed E-state index contributed by atoms with van der Waals surface area (Å²) in [7, 11) is 4.40. The maximum Gasteiger partial charge on any atom is 0.290 e. The van der Waals surface area contributed by atoms with Crippen LogP contribution in [-0.4, -0.2) is 59.1 Å². The van der Waals surface area contributed by atoms with Crippen LogP contribution in [0.4, 0.5) is 0 Å². The molecule has 2 rings (SSSR count). The minimum absolute atomic E-state index is 0.250. The van der Waals surface area contributed by atoms with Crippen molar-refractivity contribution in [3.8, 4) is 0 Å². The molecule has 1 N–H and O–H groups in total. The first-order valence-corrected chi connectivity index (χ1v) is 8.20. The largest absolute Gasteiger partial charge is 0.483 e. The van der Waals surface area contributed by atoms with Crippen LogP contribution in [0.5, 0.6) is 0 Å². The number of fused-ring (bicyclic) bond motifs is 1. The van der Waals surface area contributed by atoms with Gasteiger partial charge in [0.15, 0.2) is 0 Å². The van der Waals surface area contributed by atoms with Crippen LogP contribution in [0.1, 0.15) is 26.3 Å². The highest BCUT2D eigenvalue weighted by Gasteiger charge is 2.14. The van der Waals surface area contributed by atoms with Gasteiger partial charge in [0.05, 0.1) is 0 Å². The zero-order valence-electron chi connectivity index (χ0n) is 15.3. The van der Waals surface area contributed by atoms with Gasteiger partial charge in [0.25, 0.3) is 6.47 Å². The van der Waals surface area contributed by atoms with E-state index in [-0.39, 0.29) is 6.47 Å². The van der Waals surface area contributed by atoms with Crippen LogP contribution in [-0.2, 0) is 11.3 Å². The van der Waals surface area contributed by atoms with Gasteiger partial charge in [-0.05, 0) is 51.9 Å². The third-order valence-electron chi connectivity index (χ3n) is 4.38. The molecule has 0 saturated heterocycles. The zero-order chi connectivity index (χ0) is 18.1. The Kier molecular flexibility index (Phi) is 8.36. The van der Waals surface area contributed by atoms with E-state index in [4.69, 9.17) is 9.90 Å². The fourth-order valence-corrected chi connectivity index (χ4v) is 2.52. The third-order valence-corrected chi connectivity index (χ3v) is 4.38. The predicted octanol–water partition coefficient (Wildman–Crippen LogP) is 3.10. The highest BCUT2D eigenvalue weighted by molar-refractivity contribution is 5.84. The van der Waals surface area contributed by atoms with Crippen molar-refractivity contribution in [2.75, 3.05) is 20.6 Å². The summed E-state index contributed by atoms with van der Waals surface area (Å²) in [5.74, 6) is 0. The number of carbonyl (C=O) groups is 1. The van der Waals surface area contributed by atoms with Gasteiger partial charge in [-0.1, -0.05) is 18.2 Å². The SMILES string of the molecule is CC(C)N(C)CC(C)N(C)Cc1cccc2cnccc12.O=CO. The molecule has 2 aromatic rings. The van der Waals surface area contributed by atoms with Crippen LogP contribution < -0.4 is 0 Å². The summed E-state index contributed by atoms with van der Waals surface area (Å²) in [5.41, 5.74) is 1.37. The number of pyridine rings is 1. The molecular weight excluding hydrogens is 302 g/mol. The normalized spacial score (nSPS) is 12.3. The number of rotatable bonds is 6. The smallest absolute Gasteiger partial charge is 0.290 e. The first-order valence-electron chi connectivity index (χ1n) is 8.20. The van der Waals surface area contributed by atoms with E-state index in [1.54, 1.807) is 0 Å². The Morgan fingerprint density at radius 3 is 2.46 bits per heavy atom. The van der Waals surface area contributed by atoms with E-state index in [1.165, 1.54) is 16.3 Å². The average Bonchev–Trinajstić information content (AvgIpc) is 2.55. The molecule has 0 spiro atoms. The van der Waals surface area contributed by atoms with Gasteiger partial charge < -0.3 is 10.0 Å². The lowest BCUT2D eigenvalue weighted by Gasteiger charge is -2.31. The number of nitrogens with zero attached hydrogens (tertiary/aromatic N) is 3. The second-order valence-corrected chi connectivity index (χ2v) is 6.42. The molecule has 24 heavy (non-hydrogen) atoms. The summed E-state index contributed by atoms with van der Waals surface area (Å²) in [6.07, 6.45) is 3.82. The van der Waals surface area contributed by atoms with E-state index in [1.807, 2.05) is 12.4 Å². The molecule has 1 heterocycles. The highest BCUT2D eigenvalue weighted by Crippen LogP contribution is 2.19. The van der Waals surface area contributed by atoms with E-state index >= 15 is 0 Å². The van der Waals surface area contributed by atoms with Gasteiger partial charge >= 0.3 is 0 Å². The quantitative estimate of drug-likeness (QED) is 0.824. The van der Waals surface area contributed by atoms with Gasteiger partial charge in [0.2, 0.25) is 0 Å². The second-order valence-electron chi connectivity index (χ2n) is 6.42. The van der Waals surface area contributed by atoms with E-state index in [9.17, 15) is 0 Å². The Balaban J connectivity index is 0.000000891. The summed E-state index contributed by atoms with van der Waals surface area (Å²) in [4.78, 5) is 17.4. The summed E-state index contributed by atoms with van der Waals surface area (Å²) in [6.45, 7) is 8.58. The number of carboxylic acid groups (broad SMARTS) is 1. The minimum atomic E-state index is -0.250.